The molecule has 3 fully saturated rings. The van der Waals surface area contributed by atoms with Crippen molar-refractivity contribution in [1.82, 2.24) is 9.80 Å². The minimum absolute atomic E-state index is 0.168. The van der Waals surface area contributed by atoms with E-state index in [1.165, 1.54) is 32.5 Å². The first-order valence-corrected chi connectivity index (χ1v) is 8.88. The molecule has 2 N–H and O–H groups in total. The molecule has 0 aliphatic carbocycles. The molecule has 0 spiro atoms. The lowest BCUT2D eigenvalue weighted by atomic mass is 9.80. The Labute approximate surface area is 130 Å². The first-order valence-electron chi connectivity index (χ1n) is 8.88. The van der Waals surface area contributed by atoms with Gasteiger partial charge < -0.3 is 10.5 Å². The minimum Gasteiger partial charge on any atom is -0.378 e. The van der Waals surface area contributed by atoms with Crippen LogP contribution in [0.2, 0.25) is 0 Å². The highest BCUT2D eigenvalue weighted by atomic mass is 16.5. The van der Waals surface area contributed by atoms with Crippen LogP contribution in [-0.2, 0) is 4.74 Å². The fourth-order valence-corrected chi connectivity index (χ4v) is 4.78. The van der Waals surface area contributed by atoms with Gasteiger partial charge in [-0.05, 0) is 45.1 Å². The van der Waals surface area contributed by atoms with E-state index in [0.29, 0.717) is 18.1 Å². The highest BCUT2D eigenvalue weighted by Gasteiger charge is 2.47. The predicted octanol–water partition coefficient (Wildman–Crippen LogP) is 1.69. The smallest absolute Gasteiger partial charge is 0.0616 e. The highest BCUT2D eigenvalue weighted by molar-refractivity contribution is 5.03. The first kappa shape index (κ1) is 15.7. The summed E-state index contributed by atoms with van der Waals surface area (Å²) in [7, 11) is 0. The van der Waals surface area contributed by atoms with Crippen LogP contribution in [0.4, 0.5) is 0 Å². The zero-order chi connectivity index (χ0) is 15.0. The van der Waals surface area contributed by atoms with Gasteiger partial charge in [-0.1, -0.05) is 13.8 Å². The number of piperazine rings is 1. The minimum atomic E-state index is 0.168. The number of rotatable bonds is 3. The summed E-state index contributed by atoms with van der Waals surface area (Å²) >= 11 is 0. The summed E-state index contributed by atoms with van der Waals surface area (Å²) in [6.45, 7) is 12.3. The zero-order valence-corrected chi connectivity index (χ0v) is 14.1. The van der Waals surface area contributed by atoms with Crippen molar-refractivity contribution in [1.29, 1.82) is 0 Å². The van der Waals surface area contributed by atoms with E-state index >= 15 is 0 Å². The number of nitrogens with zero attached hydrogens (tertiary/aromatic N) is 2. The molecule has 4 nitrogen and oxygen atoms in total. The Morgan fingerprint density at radius 2 is 2.14 bits per heavy atom. The molecule has 0 aromatic heterocycles. The van der Waals surface area contributed by atoms with E-state index in [9.17, 15) is 0 Å². The number of hydrogen-bond donors (Lipinski definition) is 1. The van der Waals surface area contributed by atoms with Crippen LogP contribution in [0, 0.1) is 5.92 Å². The molecule has 0 amide bonds. The average Bonchev–Trinajstić information content (AvgIpc) is 2.93. The number of hydrogen-bond acceptors (Lipinski definition) is 4. The third kappa shape index (κ3) is 2.88. The molecule has 0 bridgehead atoms. The van der Waals surface area contributed by atoms with Crippen molar-refractivity contribution >= 4 is 0 Å². The summed E-state index contributed by atoms with van der Waals surface area (Å²) in [5.41, 5.74) is 6.49. The third-order valence-electron chi connectivity index (χ3n) is 6.15. The van der Waals surface area contributed by atoms with Gasteiger partial charge in [0.05, 0.1) is 6.10 Å². The molecule has 3 aliphatic heterocycles. The first-order chi connectivity index (χ1) is 10.1. The molecule has 21 heavy (non-hydrogen) atoms. The number of nitrogens with two attached hydrogens (primary N) is 1. The van der Waals surface area contributed by atoms with Crippen molar-refractivity contribution in [2.45, 2.75) is 70.2 Å². The van der Waals surface area contributed by atoms with Gasteiger partial charge in [0.2, 0.25) is 0 Å². The van der Waals surface area contributed by atoms with Crippen LogP contribution < -0.4 is 5.73 Å². The van der Waals surface area contributed by atoms with E-state index in [-0.39, 0.29) is 5.54 Å². The Kier molecular flexibility index (Phi) is 4.60. The standard InChI is InChI=1S/C17H33N3O/c1-13(2)16-9-17(12-18,6-8-21-16)20-11-15-5-4-7-19(15)10-14(20)3/h13-16H,4-12,18H2,1-3H3. The Morgan fingerprint density at radius 3 is 2.86 bits per heavy atom. The maximum absolute atomic E-state index is 6.32. The van der Waals surface area contributed by atoms with E-state index in [2.05, 4.69) is 30.6 Å². The van der Waals surface area contributed by atoms with Gasteiger partial charge in [-0.25, -0.2) is 0 Å². The van der Waals surface area contributed by atoms with Crippen molar-refractivity contribution in [2.24, 2.45) is 11.7 Å². The van der Waals surface area contributed by atoms with Crippen LogP contribution in [0.1, 0.15) is 46.5 Å². The molecule has 0 aromatic rings. The Morgan fingerprint density at radius 1 is 1.33 bits per heavy atom. The lowest BCUT2D eigenvalue weighted by molar-refractivity contribution is -0.114. The van der Waals surface area contributed by atoms with Gasteiger partial charge in [0.25, 0.3) is 0 Å². The fourth-order valence-electron chi connectivity index (χ4n) is 4.78. The van der Waals surface area contributed by atoms with Gasteiger partial charge in [-0.3, -0.25) is 9.80 Å². The zero-order valence-electron chi connectivity index (χ0n) is 14.1. The number of fused-ring (bicyclic) bond motifs is 1. The Bertz CT molecular complexity index is 362. The topological polar surface area (TPSA) is 41.7 Å². The quantitative estimate of drug-likeness (QED) is 0.860. The molecule has 3 aliphatic rings. The van der Waals surface area contributed by atoms with Crippen LogP contribution in [0.15, 0.2) is 0 Å². The van der Waals surface area contributed by atoms with Crippen molar-refractivity contribution in [3.63, 3.8) is 0 Å². The normalized spacial score (nSPS) is 42.4. The van der Waals surface area contributed by atoms with Crippen LogP contribution >= 0.6 is 0 Å². The maximum Gasteiger partial charge on any atom is 0.0616 e. The van der Waals surface area contributed by atoms with Crippen LogP contribution in [-0.4, -0.2) is 66.3 Å². The molecule has 3 saturated heterocycles. The number of ether oxygens (including phenoxy) is 1. The third-order valence-corrected chi connectivity index (χ3v) is 6.15. The lowest BCUT2D eigenvalue weighted by Gasteiger charge is -2.55. The molecule has 3 rings (SSSR count). The second-order valence-electron chi connectivity index (χ2n) is 7.83. The Hall–Kier alpha value is -0.160. The van der Waals surface area contributed by atoms with Gasteiger partial charge in [0, 0.05) is 43.9 Å². The molecule has 0 radical (unpaired) electrons. The van der Waals surface area contributed by atoms with E-state index < -0.39 is 0 Å². The van der Waals surface area contributed by atoms with Gasteiger partial charge >= 0.3 is 0 Å². The summed E-state index contributed by atoms with van der Waals surface area (Å²) in [6.07, 6.45) is 5.32. The second kappa shape index (κ2) is 6.15. The van der Waals surface area contributed by atoms with Crippen LogP contribution in [0.25, 0.3) is 0 Å². The Balaban J connectivity index is 1.77. The van der Waals surface area contributed by atoms with Crippen LogP contribution in [0.5, 0.6) is 0 Å². The van der Waals surface area contributed by atoms with Crippen LogP contribution in [0.3, 0.4) is 0 Å². The van der Waals surface area contributed by atoms with Crippen molar-refractivity contribution in [3.05, 3.63) is 0 Å². The van der Waals surface area contributed by atoms with Gasteiger partial charge in [0.1, 0.15) is 0 Å². The molecule has 122 valence electrons. The molecule has 4 heteroatoms. The molecular formula is C17H33N3O. The predicted molar refractivity (Wildman–Crippen MR) is 86.4 cm³/mol. The SMILES string of the molecule is CC(C)C1CC(CN)(N2CC3CCCN3CC2C)CCO1. The monoisotopic (exact) mass is 295 g/mol. The molecule has 3 heterocycles. The van der Waals surface area contributed by atoms with Gasteiger partial charge in [-0.2, -0.15) is 0 Å². The molecule has 4 unspecified atom stereocenters. The van der Waals surface area contributed by atoms with Gasteiger partial charge in [0.15, 0.2) is 0 Å². The van der Waals surface area contributed by atoms with Crippen molar-refractivity contribution in [2.75, 3.05) is 32.8 Å². The van der Waals surface area contributed by atoms with E-state index in [4.69, 9.17) is 10.5 Å². The lowest BCUT2D eigenvalue weighted by Crippen LogP contribution is -2.67. The molecular weight excluding hydrogens is 262 g/mol. The van der Waals surface area contributed by atoms with Gasteiger partial charge in [-0.15, -0.1) is 0 Å². The van der Waals surface area contributed by atoms with E-state index in [1.807, 2.05) is 0 Å². The largest absolute Gasteiger partial charge is 0.378 e. The summed E-state index contributed by atoms with van der Waals surface area (Å²) in [6, 6.07) is 1.39. The summed E-state index contributed by atoms with van der Waals surface area (Å²) in [5.74, 6) is 0.583. The second-order valence-corrected chi connectivity index (χ2v) is 7.83. The summed E-state index contributed by atoms with van der Waals surface area (Å²) in [4.78, 5) is 5.46. The molecule has 4 atom stereocenters. The van der Waals surface area contributed by atoms with Crippen molar-refractivity contribution in [3.8, 4) is 0 Å². The molecule has 0 saturated carbocycles. The maximum atomic E-state index is 6.32. The van der Waals surface area contributed by atoms with Crippen molar-refractivity contribution < 1.29 is 4.74 Å². The highest BCUT2D eigenvalue weighted by Crippen LogP contribution is 2.37. The fraction of sp³-hybridized carbons (Fsp3) is 1.00. The summed E-state index contributed by atoms with van der Waals surface area (Å²) in [5, 5.41) is 0. The van der Waals surface area contributed by atoms with E-state index in [0.717, 1.165) is 32.0 Å². The molecule has 0 aromatic carbocycles. The summed E-state index contributed by atoms with van der Waals surface area (Å²) < 4.78 is 6.02. The van der Waals surface area contributed by atoms with E-state index in [1.54, 1.807) is 0 Å². The average molecular weight is 295 g/mol.